The molecule has 1 heterocycles. The molecular formula is C23H26NO4+. The van der Waals surface area contributed by atoms with Gasteiger partial charge in [-0.3, -0.25) is 0 Å². The van der Waals surface area contributed by atoms with Gasteiger partial charge in [0.05, 0.1) is 38.6 Å². The number of morpholine rings is 1. The van der Waals surface area contributed by atoms with Crippen LogP contribution in [-0.2, 0) is 4.74 Å². The molecule has 3 aromatic rings. The second-order valence-electron chi connectivity index (χ2n) is 7.03. The molecule has 5 heteroatoms. The molecule has 3 aromatic carbocycles. The number of hydrogen-bond donors (Lipinski definition) is 2. The zero-order valence-electron chi connectivity index (χ0n) is 16.3. The van der Waals surface area contributed by atoms with E-state index < -0.39 is 0 Å². The lowest BCUT2D eigenvalue weighted by molar-refractivity contribution is -0.933. The van der Waals surface area contributed by atoms with Crippen LogP contribution in [0, 0.1) is 0 Å². The fourth-order valence-corrected chi connectivity index (χ4v) is 4.15. The van der Waals surface area contributed by atoms with Crippen LogP contribution in [0.5, 0.6) is 17.2 Å². The summed E-state index contributed by atoms with van der Waals surface area (Å²) >= 11 is 0. The maximum Gasteiger partial charge on any atom is 0.147 e. The summed E-state index contributed by atoms with van der Waals surface area (Å²) in [5.41, 5.74) is 1.96. The second kappa shape index (κ2) is 8.09. The van der Waals surface area contributed by atoms with Gasteiger partial charge in [0, 0.05) is 6.07 Å². The number of methoxy groups -OCH3 is 2. The van der Waals surface area contributed by atoms with E-state index in [1.54, 1.807) is 20.3 Å². The highest BCUT2D eigenvalue weighted by Crippen LogP contribution is 2.38. The zero-order valence-corrected chi connectivity index (χ0v) is 16.3. The highest BCUT2D eigenvalue weighted by atomic mass is 16.5. The van der Waals surface area contributed by atoms with Gasteiger partial charge in [-0.05, 0) is 29.0 Å². The Bertz CT molecular complexity index is 966. The minimum absolute atomic E-state index is 0.0733. The third-order valence-electron chi connectivity index (χ3n) is 5.53. The van der Waals surface area contributed by atoms with E-state index in [0.717, 1.165) is 46.5 Å². The molecule has 146 valence electrons. The molecule has 5 nitrogen and oxygen atoms in total. The molecule has 2 N–H and O–H groups in total. The van der Waals surface area contributed by atoms with Crippen LogP contribution in [0.2, 0.25) is 0 Å². The molecule has 0 unspecified atom stereocenters. The van der Waals surface area contributed by atoms with Gasteiger partial charge in [-0.1, -0.05) is 30.3 Å². The molecule has 1 fully saturated rings. The third kappa shape index (κ3) is 3.39. The van der Waals surface area contributed by atoms with E-state index in [1.165, 1.54) is 4.90 Å². The molecule has 28 heavy (non-hydrogen) atoms. The van der Waals surface area contributed by atoms with Crippen LogP contribution in [0.15, 0.2) is 54.6 Å². The molecule has 1 aliphatic heterocycles. The topological polar surface area (TPSA) is 52.4 Å². The minimum atomic E-state index is -0.0733. The van der Waals surface area contributed by atoms with Crippen molar-refractivity contribution in [2.24, 2.45) is 0 Å². The van der Waals surface area contributed by atoms with Crippen molar-refractivity contribution in [1.82, 2.24) is 0 Å². The van der Waals surface area contributed by atoms with Gasteiger partial charge in [0.25, 0.3) is 0 Å². The lowest BCUT2D eigenvalue weighted by Gasteiger charge is -2.33. The number of aromatic hydroxyl groups is 1. The number of fused-ring (bicyclic) bond motifs is 1. The lowest BCUT2D eigenvalue weighted by Crippen LogP contribution is -3.14. The van der Waals surface area contributed by atoms with Crippen LogP contribution >= 0.6 is 0 Å². The smallest absolute Gasteiger partial charge is 0.147 e. The summed E-state index contributed by atoms with van der Waals surface area (Å²) in [5, 5.41) is 13.1. The van der Waals surface area contributed by atoms with Crippen LogP contribution < -0.4 is 14.4 Å². The van der Waals surface area contributed by atoms with Crippen molar-refractivity contribution in [2.45, 2.75) is 6.04 Å². The normalized spacial score (nSPS) is 16.1. The van der Waals surface area contributed by atoms with E-state index in [4.69, 9.17) is 14.2 Å². The number of phenolic OH excluding ortho intramolecular Hbond substituents is 1. The van der Waals surface area contributed by atoms with Crippen molar-refractivity contribution in [2.75, 3.05) is 40.5 Å². The Labute approximate surface area is 165 Å². The molecule has 0 amide bonds. The molecular weight excluding hydrogens is 354 g/mol. The first kappa shape index (κ1) is 18.6. The molecule has 4 rings (SSSR count). The summed E-state index contributed by atoms with van der Waals surface area (Å²) < 4.78 is 16.7. The predicted octanol–water partition coefficient (Wildman–Crippen LogP) is 2.57. The molecule has 0 radical (unpaired) electrons. The molecule has 1 saturated heterocycles. The monoisotopic (exact) mass is 380 g/mol. The maximum atomic E-state index is 10.9. The van der Waals surface area contributed by atoms with Gasteiger partial charge in [-0.2, -0.15) is 0 Å². The van der Waals surface area contributed by atoms with E-state index in [2.05, 4.69) is 12.1 Å². The zero-order chi connectivity index (χ0) is 19.5. The fraction of sp³-hybridized carbons (Fsp3) is 0.304. The third-order valence-corrected chi connectivity index (χ3v) is 5.53. The average molecular weight is 380 g/mol. The fourth-order valence-electron chi connectivity index (χ4n) is 4.15. The molecule has 1 aliphatic rings. The second-order valence-corrected chi connectivity index (χ2v) is 7.03. The first-order valence-corrected chi connectivity index (χ1v) is 9.57. The maximum absolute atomic E-state index is 10.9. The number of nitrogens with one attached hydrogen (secondary N) is 1. The minimum Gasteiger partial charge on any atom is -0.507 e. The molecule has 0 aliphatic carbocycles. The summed E-state index contributed by atoms with van der Waals surface area (Å²) in [6.07, 6.45) is 0. The van der Waals surface area contributed by atoms with Gasteiger partial charge < -0.3 is 24.2 Å². The van der Waals surface area contributed by atoms with Crippen LogP contribution in [0.1, 0.15) is 17.2 Å². The first-order valence-electron chi connectivity index (χ1n) is 9.57. The van der Waals surface area contributed by atoms with Crippen molar-refractivity contribution in [3.05, 3.63) is 65.7 Å². The number of phenols is 1. The van der Waals surface area contributed by atoms with Gasteiger partial charge >= 0.3 is 0 Å². The first-order chi connectivity index (χ1) is 13.7. The SMILES string of the molecule is COc1ccc([C@H](c2c(O)ccc3ccccc23)[NH+]2CCOCC2)c(OC)c1. The van der Waals surface area contributed by atoms with E-state index >= 15 is 0 Å². The van der Waals surface area contributed by atoms with Crippen molar-refractivity contribution < 1.29 is 24.2 Å². The van der Waals surface area contributed by atoms with Crippen LogP contribution in [0.25, 0.3) is 10.8 Å². The molecule has 0 aromatic heterocycles. The Hall–Kier alpha value is -2.76. The quantitative estimate of drug-likeness (QED) is 0.714. The van der Waals surface area contributed by atoms with Gasteiger partial charge in [0.15, 0.2) is 0 Å². The number of benzene rings is 3. The van der Waals surface area contributed by atoms with Crippen LogP contribution in [0.3, 0.4) is 0 Å². The van der Waals surface area contributed by atoms with E-state index in [0.29, 0.717) is 19.0 Å². The van der Waals surface area contributed by atoms with E-state index in [-0.39, 0.29) is 6.04 Å². The predicted molar refractivity (Wildman–Crippen MR) is 109 cm³/mol. The number of hydrogen-bond acceptors (Lipinski definition) is 4. The number of quaternary nitrogens is 1. The largest absolute Gasteiger partial charge is 0.507 e. The highest BCUT2D eigenvalue weighted by molar-refractivity contribution is 5.88. The number of rotatable bonds is 5. The summed E-state index contributed by atoms with van der Waals surface area (Å²) in [7, 11) is 3.32. The summed E-state index contributed by atoms with van der Waals surface area (Å²) in [6, 6.07) is 17.8. The molecule has 0 bridgehead atoms. The Kier molecular flexibility index (Phi) is 5.37. The highest BCUT2D eigenvalue weighted by Gasteiger charge is 2.34. The summed E-state index contributed by atoms with van der Waals surface area (Å²) in [4.78, 5) is 1.35. The Balaban J connectivity index is 1.95. The summed E-state index contributed by atoms with van der Waals surface area (Å²) in [5.74, 6) is 1.81. The Morgan fingerprint density at radius 2 is 1.75 bits per heavy atom. The van der Waals surface area contributed by atoms with E-state index in [9.17, 15) is 5.11 Å². The van der Waals surface area contributed by atoms with Crippen molar-refractivity contribution >= 4 is 10.8 Å². The van der Waals surface area contributed by atoms with Crippen molar-refractivity contribution in [3.8, 4) is 17.2 Å². The lowest BCUT2D eigenvalue weighted by atomic mass is 9.90. The Morgan fingerprint density at radius 1 is 0.964 bits per heavy atom. The molecule has 0 saturated carbocycles. The number of ether oxygens (including phenoxy) is 3. The van der Waals surface area contributed by atoms with Crippen LogP contribution in [-0.4, -0.2) is 45.6 Å². The Morgan fingerprint density at radius 3 is 2.50 bits per heavy atom. The summed E-state index contributed by atoms with van der Waals surface area (Å²) in [6.45, 7) is 3.14. The van der Waals surface area contributed by atoms with Gasteiger partial charge in [0.1, 0.15) is 36.4 Å². The molecule has 0 spiro atoms. The van der Waals surface area contributed by atoms with Crippen molar-refractivity contribution in [3.63, 3.8) is 0 Å². The molecule has 1 atom stereocenters. The van der Waals surface area contributed by atoms with E-state index in [1.807, 2.05) is 36.4 Å². The average Bonchev–Trinajstić information content (AvgIpc) is 2.76. The van der Waals surface area contributed by atoms with Gasteiger partial charge in [0.2, 0.25) is 0 Å². The van der Waals surface area contributed by atoms with Crippen LogP contribution in [0.4, 0.5) is 0 Å². The van der Waals surface area contributed by atoms with Gasteiger partial charge in [-0.25, -0.2) is 0 Å². The van der Waals surface area contributed by atoms with Gasteiger partial charge in [-0.15, -0.1) is 0 Å². The van der Waals surface area contributed by atoms with Crippen molar-refractivity contribution in [1.29, 1.82) is 0 Å². The standard InChI is InChI=1S/C23H25NO4/c1-26-17-8-9-19(21(15-17)27-2)23(24-11-13-28-14-12-24)22-18-6-4-3-5-16(18)7-10-20(22)25/h3-10,15,23,25H,11-14H2,1-2H3/p+1/t23-/m1/s1.